The summed E-state index contributed by atoms with van der Waals surface area (Å²) in [5, 5.41) is 11.7. The second kappa shape index (κ2) is 9.27. The van der Waals surface area contributed by atoms with Gasteiger partial charge in [0.2, 0.25) is 5.91 Å². The molecule has 8 heteroatoms. The summed E-state index contributed by atoms with van der Waals surface area (Å²) in [6, 6.07) is 15.0. The average Bonchev–Trinajstić information content (AvgIpc) is 3.21. The summed E-state index contributed by atoms with van der Waals surface area (Å²) in [6.45, 7) is 1.91. The highest BCUT2D eigenvalue weighted by Gasteiger charge is 2.16. The van der Waals surface area contributed by atoms with Gasteiger partial charge in [-0.3, -0.25) is 9.36 Å². The summed E-state index contributed by atoms with van der Waals surface area (Å²) >= 11 is 1.33. The minimum Gasteiger partial charge on any atom is -0.497 e. The normalized spacial score (nSPS) is 11.7. The van der Waals surface area contributed by atoms with Crippen LogP contribution in [0.4, 0.5) is 0 Å². The van der Waals surface area contributed by atoms with E-state index < -0.39 is 0 Å². The third-order valence-corrected chi connectivity index (χ3v) is 5.11. The van der Waals surface area contributed by atoms with Gasteiger partial charge in [0.25, 0.3) is 0 Å². The fourth-order valence-corrected chi connectivity index (χ4v) is 3.50. The van der Waals surface area contributed by atoms with E-state index in [1.165, 1.54) is 11.8 Å². The van der Waals surface area contributed by atoms with E-state index in [4.69, 9.17) is 9.47 Å². The first kappa shape index (κ1) is 19.8. The molecule has 0 aliphatic rings. The standard InChI is InChI=1S/C20H22N4O3S/c1-14(17-11-16(26-2)9-10-18(17)27-3)22-19(25)12-28-20-23-21-13-24(20)15-7-5-4-6-8-15/h4-11,13-14H,12H2,1-3H3,(H,22,25)/t14-/m1/s1. The SMILES string of the molecule is COc1ccc(OC)c([C@@H](C)NC(=O)CSc2nncn2-c2ccccc2)c1. The number of benzene rings is 2. The van der Waals surface area contributed by atoms with E-state index in [1.54, 1.807) is 20.5 Å². The lowest BCUT2D eigenvalue weighted by molar-refractivity contribution is -0.119. The molecule has 0 saturated heterocycles. The van der Waals surface area contributed by atoms with Crippen molar-refractivity contribution in [3.63, 3.8) is 0 Å². The highest BCUT2D eigenvalue weighted by molar-refractivity contribution is 7.99. The molecule has 1 amide bonds. The summed E-state index contributed by atoms with van der Waals surface area (Å²) in [5.74, 6) is 1.53. The Morgan fingerprint density at radius 1 is 1.18 bits per heavy atom. The minimum absolute atomic E-state index is 0.106. The number of nitrogens with one attached hydrogen (secondary N) is 1. The first-order valence-electron chi connectivity index (χ1n) is 8.72. The molecule has 2 aromatic carbocycles. The molecule has 0 saturated carbocycles. The number of ether oxygens (including phenoxy) is 2. The van der Waals surface area contributed by atoms with Gasteiger partial charge >= 0.3 is 0 Å². The number of para-hydroxylation sites is 1. The van der Waals surface area contributed by atoms with Gasteiger partial charge in [0.15, 0.2) is 5.16 Å². The zero-order valence-corrected chi connectivity index (χ0v) is 16.8. The molecule has 0 unspecified atom stereocenters. The number of amides is 1. The van der Waals surface area contributed by atoms with Crippen LogP contribution in [0.2, 0.25) is 0 Å². The molecule has 3 aromatic rings. The Labute approximate surface area is 168 Å². The Kier molecular flexibility index (Phi) is 6.54. The van der Waals surface area contributed by atoms with Gasteiger partial charge in [0.1, 0.15) is 17.8 Å². The van der Waals surface area contributed by atoms with Gasteiger partial charge in [0.05, 0.1) is 26.0 Å². The molecule has 7 nitrogen and oxygen atoms in total. The smallest absolute Gasteiger partial charge is 0.230 e. The molecule has 0 spiro atoms. The zero-order chi connectivity index (χ0) is 19.9. The third-order valence-electron chi connectivity index (χ3n) is 4.16. The van der Waals surface area contributed by atoms with Crippen molar-refractivity contribution in [1.29, 1.82) is 0 Å². The number of carbonyl (C=O) groups excluding carboxylic acids is 1. The van der Waals surface area contributed by atoms with Gasteiger partial charge in [-0.05, 0) is 37.3 Å². The lowest BCUT2D eigenvalue weighted by Crippen LogP contribution is -2.28. The van der Waals surface area contributed by atoms with Crippen molar-refractivity contribution in [2.24, 2.45) is 0 Å². The summed E-state index contributed by atoms with van der Waals surface area (Å²) in [4.78, 5) is 12.5. The summed E-state index contributed by atoms with van der Waals surface area (Å²) in [7, 11) is 3.21. The highest BCUT2D eigenvalue weighted by Crippen LogP contribution is 2.29. The van der Waals surface area contributed by atoms with E-state index in [9.17, 15) is 4.79 Å². The van der Waals surface area contributed by atoms with Crippen molar-refractivity contribution >= 4 is 17.7 Å². The summed E-state index contributed by atoms with van der Waals surface area (Å²) < 4.78 is 12.5. The molecule has 0 fully saturated rings. The maximum atomic E-state index is 12.5. The van der Waals surface area contributed by atoms with E-state index in [0.717, 1.165) is 11.3 Å². The number of nitrogens with zero attached hydrogens (tertiary/aromatic N) is 3. The number of rotatable bonds is 8. The molecule has 0 radical (unpaired) electrons. The molecule has 1 N–H and O–H groups in total. The Hall–Kier alpha value is -3.00. The predicted molar refractivity (Wildman–Crippen MR) is 108 cm³/mol. The Balaban J connectivity index is 1.64. The molecule has 3 rings (SSSR count). The van der Waals surface area contributed by atoms with Gasteiger partial charge in [-0.25, -0.2) is 0 Å². The third kappa shape index (κ3) is 4.64. The van der Waals surface area contributed by atoms with Crippen molar-refractivity contribution in [2.45, 2.75) is 18.1 Å². The predicted octanol–water partition coefficient (Wildman–Crippen LogP) is 3.25. The van der Waals surface area contributed by atoms with Crippen LogP contribution in [0.25, 0.3) is 5.69 Å². The quantitative estimate of drug-likeness (QED) is 0.587. The maximum Gasteiger partial charge on any atom is 0.230 e. The molecular formula is C20H22N4O3S. The van der Waals surface area contributed by atoms with E-state index in [-0.39, 0.29) is 17.7 Å². The minimum atomic E-state index is -0.231. The highest BCUT2D eigenvalue weighted by atomic mass is 32.2. The van der Waals surface area contributed by atoms with E-state index in [2.05, 4.69) is 15.5 Å². The zero-order valence-electron chi connectivity index (χ0n) is 16.0. The van der Waals surface area contributed by atoms with Crippen LogP contribution in [0.3, 0.4) is 0 Å². The Bertz CT molecular complexity index is 930. The monoisotopic (exact) mass is 398 g/mol. The fourth-order valence-electron chi connectivity index (χ4n) is 2.76. The molecule has 146 valence electrons. The lowest BCUT2D eigenvalue weighted by Gasteiger charge is -2.18. The van der Waals surface area contributed by atoms with Gasteiger partial charge < -0.3 is 14.8 Å². The fraction of sp³-hybridized carbons (Fsp3) is 0.250. The molecule has 28 heavy (non-hydrogen) atoms. The molecule has 0 bridgehead atoms. The first-order valence-corrected chi connectivity index (χ1v) is 9.70. The van der Waals surface area contributed by atoms with Crippen LogP contribution in [0.15, 0.2) is 60.0 Å². The van der Waals surface area contributed by atoms with Gasteiger partial charge in [-0.2, -0.15) is 0 Å². The number of thioether (sulfide) groups is 1. The number of hydrogen-bond acceptors (Lipinski definition) is 6. The van der Waals surface area contributed by atoms with Crippen LogP contribution in [0, 0.1) is 0 Å². The van der Waals surface area contributed by atoms with Crippen LogP contribution < -0.4 is 14.8 Å². The second-order valence-corrected chi connectivity index (χ2v) is 6.95. The Morgan fingerprint density at radius 2 is 1.96 bits per heavy atom. The van der Waals surface area contributed by atoms with Crippen molar-refractivity contribution in [3.8, 4) is 17.2 Å². The Morgan fingerprint density at radius 3 is 2.68 bits per heavy atom. The number of hydrogen-bond donors (Lipinski definition) is 1. The van der Waals surface area contributed by atoms with Gasteiger partial charge in [-0.15, -0.1) is 10.2 Å². The largest absolute Gasteiger partial charge is 0.497 e. The molecule has 1 atom stereocenters. The van der Waals surface area contributed by atoms with Crippen LogP contribution in [0.1, 0.15) is 18.5 Å². The van der Waals surface area contributed by atoms with Crippen LogP contribution in [-0.4, -0.2) is 40.6 Å². The molecule has 1 heterocycles. The first-order chi connectivity index (χ1) is 13.6. The van der Waals surface area contributed by atoms with Gasteiger partial charge in [-0.1, -0.05) is 30.0 Å². The molecule has 0 aliphatic heterocycles. The van der Waals surface area contributed by atoms with E-state index in [1.807, 2.05) is 60.0 Å². The number of aromatic nitrogens is 3. The van der Waals surface area contributed by atoms with Crippen LogP contribution >= 0.6 is 11.8 Å². The van der Waals surface area contributed by atoms with Crippen LogP contribution in [-0.2, 0) is 4.79 Å². The van der Waals surface area contributed by atoms with Crippen molar-refractivity contribution in [3.05, 3.63) is 60.4 Å². The van der Waals surface area contributed by atoms with Crippen LogP contribution in [0.5, 0.6) is 11.5 Å². The summed E-state index contributed by atoms with van der Waals surface area (Å²) in [5.41, 5.74) is 1.80. The molecule has 0 aliphatic carbocycles. The van der Waals surface area contributed by atoms with Gasteiger partial charge in [0, 0.05) is 11.3 Å². The number of methoxy groups -OCH3 is 2. The summed E-state index contributed by atoms with van der Waals surface area (Å²) in [6.07, 6.45) is 1.64. The molecular weight excluding hydrogens is 376 g/mol. The number of carbonyl (C=O) groups is 1. The van der Waals surface area contributed by atoms with Crippen molar-refractivity contribution in [2.75, 3.05) is 20.0 Å². The maximum absolute atomic E-state index is 12.5. The topological polar surface area (TPSA) is 78.3 Å². The average molecular weight is 398 g/mol. The van der Waals surface area contributed by atoms with E-state index >= 15 is 0 Å². The van der Waals surface area contributed by atoms with Crippen molar-refractivity contribution in [1.82, 2.24) is 20.1 Å². The van der Waals surface area contributed by atoms with Crippen molar-refractivity contribution < 1.29 is 14.3 Å². The lowest BCUT2D eigenvalue weighted by atomic mass is 10.1. The van der Waals surface area contributed by atoms with E-state index in [0.29, 0.717) is 16.7 Å². The molecule has 1 aromatic heterocycles. The second-order valence-electron chi connectivity index (χ2n) is 6.00.